The second-order valence-corrected chi connectivity index (χ2v) is 3.85. The molecule has 0 atom stereocenters. The molecule has 0 radical (unpaired) electrons. The highest BCUT2D eigenvalue weighted by Gasteiger charge is 2.10. The fourth-order valence-electron chi connectivity index (χ4n) is 1.48. The maximum Gasteiger partial charge on any atom is 0.164 e. The zero-order valence-electron chi connectivity index (χ0n) is 10.0. The van der Waals surface area contributed by atoms with Crippen molar-refractivity contribution in [3.05, 3.63) is 11.9 Å². The molecule has 15 heavy (non-hydrogen) atoms. The lowest BCUT2D eigenvalue weighted by molar-refractivity contribution is -0.755. The molecular weight excluding hydrogens is 210 g/mol. The molecule has 0 bridgehead atoms. The standard InChI is InChI=1S/C11H22N3.ClH/c1-4-6-8-13-10-11(3)14(12-13)9-7-5-2;/h10H,4-9H2,1-3H3;1H/q+1;/p-1. The minimum Gasteiger partial charge on any atom is -1.00 e. The first-order valence-electron chi connectivity index (χ1n) is 5.72. The van der Waals surface area contributed by atoms with Crippen molar-refractivity contribution < 1.29 is 17.1 Å². The van der Waals surface area contributed by atoms with Gasteiger partial charge in [0.05, 0.1) is 5.21 Å². The summed E-state index contributed by atoms with van der Waals surface area (Å²) in [4.78, 5) is 0. The number of hydrogen-bond acceptors (Lipinski definition) is 1. The molecule has 1 heterocycles. The average Bonchev–Trinajstić information content (AvgIpc) is 2.53. The van der Waals surface area contributed by atoms with Gasteiger partial charge in [-0.15, -0.1) is 9.36 Å². The van der Waals surface area contributed by atoms with Crippen LogP contribution >= 0.6 is 0 Å². The van der Waals surface area contributed by atoms with Crippen LogP contribution in [0.25, 0.3) is 0 Å². The third-order valence-corrected chi connectivity index (χ3v) is 2.43. The molecule has 0 aliphatic carbocycles. The van der Waals surface area contributed by atoms with Crippen LogP contribution in [0.5, 0.6) is 0 Å². The van der Waals surface area contributed by atoms with Gasteiger partial charge in [0, 0.05) is 6.92 Å². The predicted octanol–water partition coefficient (Wildman–Crippen LogP) is -0.917. The van der Waals surface area contributed by atoms with Crippen LogP contribution in [0.1, 0.15) is 45.2 Å². The van der Waals surface area contributed by atoms with E-state index in [9.17, 15) is 0 Å². The van der Waals surface area contributed by atoms with Gasteiger partial charge in [0.2, 0.25) is 0 Å². The Kier molecular flexibility index (Phi) is 7.39. The van der Waals surface area contributed by atoms with Crippen LogP contribution < -0.4 is 17.1 Å². The van der Waals surface area contributed by atoms with Crippen LogP contribution in [-0.4, -0.2) is 9.90 Å². The van der Waals surface area contributed by atoms with Gasteiger partial charge in [-0.3, -0.25) is 0 Å². The predicted molar refractivity (Wildman–Crippen MR) is 57.0 cm³/mol. The third-order valence-electron chi connectivity index (χ3n) is 2.43. The Hall–Kier alpha value is -0.570. The van der Waals surface area contributed by atoms with Crippen molar-refractivity contribution in [2.45, 2.75) is 59.5 Å². The first kappa shape index (κ1) is 14.4. The van der Waals surface area contributed by atoms with Crippen molar-refractivity contribution >= 4 is 0 Å². The topological polar surface area (TPSA) is 21.7 Å². The summed E-state index contributed by atoms with van der Waals surface area (Å²) in [6.07, 6.45) is 7.04. The molecule has 1 aromatic rings. The minimum atomic E-state index is 0. The van der Waals surface area contributed by atoms with E-state index in [2.05, 4.69) is 41.5 Å². The maximum atomic E-state index is 4.52. The van der Waals surface area contributed by atoms with Crippen molar-refractivity contribution in [2.75, 3.05) is 0 Å². The molecule has 0 N–H and O–H groups in total. The van der Waals surface area contributed by atoms with Crippen molar-refractivity contribution in [3.8, 4) is 0 Å². The Balaban J connectivity index is 0.00000196. The van der Waals surface area contributed by atoms with Crippen molar-refractivity contribution in [1.82, 2.24) is 9.90 Å². The number of hydrogen-bond donors (Lipinski definition) is 0. The molecule has 0 aromatic carbocycles. The molecule has 0 fully saturated rings. The Morgan fingerprint density at radius 2 is 1.93 bits per heavy atom. The summed E-state index contributed by atoms with van der Waals surface area (Å²) in [5.74, 6) is 0. The van der Waals surface area contributed by atoms with E-state index in [1.54, 1.807) is 0 Å². The zero-order valence-corrected chi connectivity index (χ0v) is 10.8. The molecule has 0 saturated carbocycles. The van der Waals surface area contributed by atoms with Crippen LogP contribution in [0.3, 0.4) is 0 Å². The second-order valence-electron chi connectivity index (χ2n) is 3.85. The molecule has 4 heteroatoms. The summed E-state index contributed by atoms with van der Waals surface area (Å²) in [6, 6.07) is 0. The first-order chi connectivity index (χ1) is 6.77. The number of aromatic nitrogens is 3. The van der Waals surface area contributed by atoms with Crippen molar-refractivity contribution in [3.63, 3.8) is 0 Å². The van der Waals surface area contributed by atoms with Gasteiger partial charge in [-0.25, -0.2) is 0 Å². The highest BCUT2D eigenvalue weighted by molar-refractivity contribution is 4.84. The van der Waals surface area contributed by atoms with E-state index in [1.165, 1.54) is 31.4 Å². The molecule has 3 nitrogen and oxygen atoms in total. The molecule has 1 aromatic heterocycles. The number of rotatable bonds is 6. The lowest BCUT2D eigenvalue weighted by Crippen LogP contribution is -3.00. The fourth-order valence-corrected chi connectivity index (χ4v) is 1.48. The van der Waals surface area contributed by atoms with Crippen LogP contribution in [0.15, 0.2) is 6.20 Å². The van der Waals surface area contributed by atoms with Crippen LogP contribution in [0.2, 0.25) is 0 Å². The van der Waals surface area contributed by atoms with Crippen molar-refractivity contribution in [1.29, 1.82) is 0 Å². The molecule has 0 aliphatic heterocycles. The molecule has 0 aliphatic rings. The van der Waals surface area contributed by atoms with Gasteiger partial charge < -0.3 is 12.4 Å². The smallest absolute Gasteiger partial charge is 0.164 e. The molecule has 0 saturated heterocycles. The van der Waals surface area contributed by atoms with E-state index in [-0.39, 0.29) is 12.4 Å². The first-order valence-corrected chi connectivity index (χ1v) is 5.72. The van der Waals surface area contributed by atoms with Crippen LogP contribution in [0, 0.1) is 6.92 Å². The lowest BCUT2D eigenvalue weighted by atomic mass is 10.3. The zero-order chi connectivity index (χ0) is 10.4. The highest BCUT2D eigenvalue weighted by atomic mass is 35.5. The van der Waals surface area contributed by atoms with Crippen LogP contribution in [0.4, 0.5) is 0 Å². The molecule has 0 amide bonds. The SMILES string of the molecule is CCCCn1n[n+](CCCC)cc1C.[Cl-]. The molecule has 88 valence electrons. The summed E-state index contributed by atoms with van der Waals surface area (Å²) in [6.45, 7) is 8.66. The van der Waals surface area contributed by atoms with E-state index in [0.717, 1.165) is 13.1 Å². The van der Waals surface area contributed by atoms with Gasteiger partial charge in [0.15, 0.2) is 11.9 Å². The molecule has 0 unspecified atom stereocenters. The number of unbranched alkanes of at least 4 members (excludes halogenated alkanes) is 2. The normalized spacial score (nSPS) is 10.1. The summed E-state index contributed by atoms with van der Waals surface area (Å²) >= 11 is 0. The van der Waals surface area contributed by atoms with E-state index in [1.807, 2.05) is 0 Å². The van der Waals surface area contributed by atoms with Crippen LogP contribution in [-0.2, 0) is 13.1 Å². The van der Waals surface area contributed by atoms with Gasteiger partial charge >= 0.3 is 0 Å². The Morgan fingerprint density at radius 3 is 2.53 bits per heavy atom. The summed E-state index contributed by atoms with van der Waals surface area (Å²) in [5.41, 5.74) is 1.27. The van der Waals surface area contributed by atoms with Crippen molar-refractivity contribution in [2.24, 2.45) is 0 Å². The summed E-state index contributed by atoms with van der Waals surface area (Å²) in [7, 11) is 0. The third kappa shape index (κ3) is 4.65. The van der Waals surface area contributed by atoms with E-state index >= 15 is 0 Å². The number of nitrogens with zero attached hydrogens (tertiary/aromatic N) is 3. The second kappa shape index (κ2) is 7.69. The van der Waals surface area contributed by atoms with Gasteiger partial charge in [-0.2, -0.15) is 0 Å². The number of halogens is 1. The van der Waals surface area contributed by atoms with Gasteiger partial charge in [-0.1, -0.05) is 26.7 Å². The maximum absolute atomic E-state index is 4.52. The quantitative estimate of drug-likeness (QED) is 0.581. The number of aryl methyl sites for hydroxylation is 3. The Morgan fingerprint density at radius 1 is 1.27 bits per heavy atom. The highest BCUT2D eigenvalue weighted by Crippen LogP contribution is 1.97. The molecule has 1 rings (SSSR count). The summed E-state index contributed by atoms with van der Waals surface area (Å²) in [5, 5.41) is 4.52. The molecular formula is C11H22ClN3. The Labute approximate surface area is 98.9 Å². The Bertz CT molecular complexity index is 271. The van der Waals surface area contributed by atoms with Gasteiger partial charge in [0.1, 0.15) is 13.1 Å². The summed E-state index contributed by atoms with van der Waals surface area (Å²) < 4.78 is 4.17. The monoisotopic (exact) mass is 231 g/mol. The fraction of sp³-hybridized carbons (Fsp3) is 0.818. The average molecular weight is 232 g/mol. The lowest BCUT2D eigenvalue weighted by Gasteiger charge is -1.92. The van der Waals surface area contributed by atoms with E-state index in [4.69, 9.17) is 0 Å². The van der Waals surface area contributed by atoms with E-state index in [0.29, 0.717) is 0 Å². The van der Waals surface area contributed by atoms with E-state index < -0.39 is 0 Å². The largest absolute Gasteiger partial charge is 1.00 e. The minimum absolute atomic E-state index is 0. The van der Waals surface area contributed by atoms with Gasteiger partial charge in [-0.05, 0) is 12.8 Å². The molecule has 0 spiro atoms. The van der Waals surface area contributed by atoms with Gasteiger partial charge in [0.25, 0.3) is 0 Å².